The van der Waals surface area contributed by atoms with Gasteiger partial charge < -0.3 is 14.8 Å². The lowest BCUT2D eigenvalue weighted by atomic mass is 10.3. The molecule has 0 aliphatic carbocycles. The number of nitrogens with one attached hydrogen (secondary N) is 1. The summed E-state index contributed by atoms with van der Waals surface area (Å²) in [5, 5.41) is 13.7. The third kappa shape index (κ3) is 7.06. The Hall–Kier alpha value is -1.66. The molecule has 20 heavy (non-hydrogen) atoms. The van der Waals surface area contributed by atoms with Gasteiger partial charge in [-0.3, -0.25) is 10.1 Å². The summed E-state index contributed by atoms with van der Waals surface area (Å²) in [5.74, 6) is 0.642. The number of nitro benzene ring substituents is 1. The van der Waals surface area contributed by atoms with Crippen LogP contribution in [0.25, 0.3) is 0 Å². The molecule has 6 heteroatoms. The van der Waals surface area contributed by atoms with Crippen molar-refractivity contribution in [3.05, 3.63) is 34.4 Å². The summed E-state index contributed by atoms with van der Waals surface area (Å²) in [6.07, 6.45) is 2.04. The monoisotopic (exact) mass is 282 g/mol. The first-order valence-corrected chi connectivity index (χ1v) is 6.89. The maximum Gasteiger partial charge on any atom is 0.269 e. The molecule has 0 saturated carbocycles. The minimum Gasteiger partial charge on any atom is -0.492 e. The van der Waals surface area contributed by atoms with E-state index in [4.69, 9.17) is 9.47 Å². The Morgan fingerprint density at radius 2 is 1.90 bits per heavy atom. The SMILES string of the molecule is CCCOCCCNCCOc1ccc([N+](=O)[O-])cc1. The molecule has 0 fully saturated rings. The fourth-order valence-electron chi connectivity index (χ4n) is 1.58. The van der Waals surface area contributed by atoms with Crippen LogP contribution in [0.1, 0.15) is 19.8 Å². The van der Waals surface area contributed by atoms with Crippen molar-refractivity contribution >= 4 is 5.69 Å². The minimum atomic E-state index is -0.425. The summed E-state index contributed by atoms with van der Waals surface area (Å²) in [5.41, 5.74) is 0.0718. The van der Waals surface area contributed by atoms with Gasteiger partial charge in [-0.05, 0) is 31.5 Å². The van der Waals surface area contributed by atoms with Crippen molar-refractivity contribution in [1.82, 2.24) is 5.32 Å². The van der Waals surface area contributed by atoms with E-state index in [2.05, 4.69) is 12.2 Å². The van der Waals surface area contributed by atoms with Crippen LogP contribution in [0.3, 0.4) is 0 Å². The molecule has 0 amide bonds. The molecule has 0 aliphatic heterocycles. The van der Waals surface area contributed by atoms with E-state index >= 15 is 0 Å². The van der Waals surface area contributed by atoms with Crippen LogP contribution in [-0.4, -0.2) is 37.8 Å². The van der Waals surface area contributed by atoms with Gasteiger partial charge in [0.05, 0.1) is 4.92 Å². The average molecular weight is 282 g/mol. The van der Waals surface area contributed by atoms with Crippen molar-refractivity contribution in [2.45, 2.75) is 19.8 Å². The Morgan fingerprint density at radius 3 is 2.55 bits per heavy atom. The second kappa shape index (κ2) is 10.2. The first-order valence-electron chi connectivity index (χ1n) is 6.89. The fourth-order valence-corrected chi connectivity index (χ4v) is 1.58. The highest BCUT2D eigenvalue weighted by Gasteiger charge is 2.03. The molecule has 112 valence electrons. The van der Waals surface area contributed by atoms with E-state index in [0.717, 1.165) is 39.1 Å². The predicted octanol–water partition coefficient (Wildman–Crippen LogP) is 2.38. The summed E-state index contributed by atoms with van der Waals surface area (Å²) in [6, 6.07) is 6.09. The molecule has 1 N–H and O–H groups in total. The highest BCUT2D eigenvalue weighted by Crippen LogP contribution is 2.16. The smallest absolute Gasteiger partial charge is 0.269 e. The largest absolute Gasteiger partial charge is 0.492 e. The van der Waals surface area contributed by atoms with Gasteiger partial charge in [0, 0.05) is 31.9 Å². The molecule has 0 unspecified atom stereocenters. The van der Waals surface area contributed by atoms with Crippen molar-refractivity contribution in [3.63, 3.8) is 0 Å². The normalized spacial score (nSPS) is 10.4. The lowest BCUT2D eigenvalue weighted by molar-refractivity contribution is -0.384. The number of rotatable bonds is 11. The van der Waals surface area contributed by atoms with E-state index < -0.39 is 4.92 Å². The number of nitrogens with zero attached hydrogens (tertiary/aromatic N) is 1. The predicted molar refractivity (Wildman–Crippen MR) is 77.2 cm³/mol. The van der Waals surface area contributed by atoms with Gasteiger partial charge in [-0.1, -0.05) is 6.92 Å². The van der Waals surface area contributed by atoms with Crippen LogP contribution in [0.15, 0.2) is 24.3 Å². The van der Waals surface area contributed by atoms with E-state index in [9.17, 15) is 10.1 Å². The number of benzene rings is 1. The number of non-ortho nitro benzene ring substituents is 1. The molecule has 0 bridgehead atoms. The quantitative estimate of drug-likeness (QED) is 0.383. The Balaban J connectivity index is 2.02. The van der Waals surface area contributed by atoms with Crippen molar-refractivity contribution < 1.29 is 14.4 Å². The van der Waals surface area contributed by atoms with Crippen molar-refractivity contribution in [1.29, 1.82) is 0 Å². The molecule has 0 aromatic heterocycles. The Kier molecular flexibility index (Phi) is 8.33. The van der Waals surface area contributed by atoms with Gasteiger partial charge in [-0.25, -0.2) is 0 Å². The van der Waals surface area contributed by atoms with E-state index in [-0.39, 0.29) is 5.69 Å². The van der Waals surface area contributed by atoms with Crippen LogP contribution < -0.4 is 10.1 Å². The molecule has 0 aliphatic rings. The van der Waals surface area contributed by atoms with Crippen molar-refractivity contribution in [3.8, 4) is 5.75 Å². The summed E-state index contributed by atoms with van der Waals surface area (Å²) >= 11 is 0. The average Bonchev–Trinajstić information content (AvgIpc) is 2.46. The lowest BCUT2D eigenvalue weighted by Gasteiger charge is -2.07. The molecule has 1 aromatic rings. The molecule has 6 nitrogen and oxygen atoms in total. The van der Waals surface area contributed by atoms with Gasteiger partial charge in [0.15, 0.2) is 0 Å². The van der Waals surface area contributed by atoms with Gasteiger partial charge in [0.25, 0.3) is 5.69 Å². The molecule has 0 atom stereocenters. The lowest BCUT2D eigenvalue weighted by Crippen LogP contribution is -2.23. The van der Waals surface area contributed by atoms with Gasteiger partial charge in [0.1, 0.15) is 12.4 Å². The molecule has 0 saturated heterocycles. The first-order chi connectivity index (χ1) is 9.74. The number of hydrogen-bond acceptors (Lipinski definition) is 5. The molecular weight excluding hydrogens is 260 g/mol. The zero-order valence-electron chi connectivity index (χ0n) is 11.8. The molecular formula is C14H22N2O4. The number of ether oxygens (including phenoxy) is 2. The van der Waals surface area contributed by atoms with Crippen LogP contribution in [0.4, 0.5) is 5.69 Å². The molecule has 0 spiro atoms. The van der Waals surface area contributed by atoms with Crippen LogP contribution in [0, 0.1) is 10.1 Å². The maximum absolute atomic E-state index is 10.5. The molecule has 0 radical (unpaired) electrons. The standard InChI is InChI=1S/C14H22N2O4/c1-2-10-19-11-3-8-15-9-12-20-14-6-4-13(5-7-14)16(17)18/h4-7,15H,2-3,8-12H2,1H3. The van der Waals surface area contributed by atoms with Crippen LogP contribution >= 0.6 is 0 Å². The third-order valence-electron chi connectivity index (χ3n) is 2.59. The van der Waals surface area contributed by atoms with Crippen LogP contribution in [0.5, 0.6) is 5.75 Å². The van der Waals surface area contributed by atoms with E-state index in [1.807, 2.05) is 0 Å². The van der Waals surface area contributed by atoms with E-state index in [1.54, 1.807) is 12.1 Å². The zero-order valence-corrected chi connectivity index (χ0v) is 11.8. The molecule has 1 aromatic carbocycles. The number of nitro groups is 1. The zero-order chi connectivity index (χ0) is 14.6. The minimum absolute atomic E-state index is 0.0718. The van der Waals surface area contributed by atoms with Crippen LogP contribution in [0.2, 0.25) is 0 Å². The Morgan fingerprint density at radius 1 is 1.15 bits per heavy atom. The van der Waals surface area contributed by atoms with Crippen LogP contribution in [-0.2, 0) is 4.74 Å². The fraction of sp³-hybridized carbons (Fsp3) is 0.571. The van der Waals surface area contributed by atoms with Gasteiger partial charge >= 0.3 is 0 Å². The highest BCUT2D eigenvalue weighted by molar-refractivity contribution is 5.35. The molecule has 0 heterocycles. The summed E-state index contributed by atoms with van der Waals surface area (Å²) < 4.78 is 10.8. The topological polar surface area (TPSA) is 73.6 Å². The van der Waals surface area contributed by atoms with Gasteiger partial charge in [0.2, 0.25) is 0 Å². The van der Waals surface area contributed by atoms with E-state index in [1.165, 1.54) is 12.1 Å². The Bertz CT molecular complexity index is 381. The highest BCUT2D eigenvalue weighted by atomic mass is 16.6. The summed E-state index contributed by atoms with van der Waals surface area (Å²) in [6.45, 7) is 5.87. The second-order valence-electron chi connectivity index (χ2n) is 4.32. The molecule has 1 rings (SSSR count). The first kappa shape index (κ1) is 16.4. The Labute approximate surface area is 119 Å². The number of hydrogen-bond donors (Lipinski definition) is 1. The second-order valence-corrected chi connectivity index (χ2v) is 4.32. The third-order valence-corrected chi connectivity index (χ3v) is 2.59. The maximum atomic E-state index is 10.5. The summed E-state index contributed by atoms with van der Waals surface area (Å²) in [4.78, 5) is 10.1. The van der Waals surface area contributed by atoms with Gasteiger partial charge in [-0.2, -0.15) is 0 Å². The van der Waals surface area contributed by atoms with Crippen molar-refractivity contribution in [2.24, 2.45) is 0 Å². The van der Waals surface area contributed by atoms with E-state index in [0.29, 0.717) is 12.4 Å². The summed E-state index contributed by atoms with van der Waals surface area (Å²) in [7, 11) is 0. The van der Waals surface area contributed by atoms with Gasteiger partial charge in [-0.15, -0.1) is 0 Å². The van der Waals surface area contributed by atoms with Crippen molar-refractivity contribution in [2.75, 3.05) is 32.9 Å².